The number of nitrogens with one attached hydrogen (secondary N) is 2. The Morgan fingerprint density at radius 2 is 2.20 bits per heavy atom. The highest BCUT2D eigenvalue weighted by atomic mass is 35.5. The largest absolute Gasteiger partial charge is 0.425 e. The maximum absolute atomic E-state index is 10.7. The number of rotatable bonds is 4. The van der Waals surface area contributed by atoms with Crippen molar-refractivity contribution in [2.75, 3.05) is 0 Å². The zero-order valence-corrected chi connectivity index (χ0v) is 9.58. The molecule has 2 unspecified atom stereocenters. The standard InChI is InChI=1S/C8H17N3O3.ClH/c1-4(2)3-5(9)6(12)7-10-11-8(13)14-7;/h4-7,10,12H,3,9H2,1-2H3,(H,11,13);1H/t5-,6?,7?;/m0./s1. The zero-order valence-electron chi connectivity index (χ0n) is 8.77. The van der Waals surface area contributed by atoms with Crippen molar-refractivity contribution >= 4 is 18.5 Å². The van der Waals surface area contributed by atoms with Gasteiger partial charge in [0.05, 0.1) is 0 Å². The van der Waals surface area contributed by atoms with E-state index in [1.54, 1.807) is 0 Å². The molecular formula is C8H18ClN3O3. The van der Waals surface area contributed by atoms with Crippen molar-refractivity contribution in [1.29, 1.82) is 0 Å². The Balaban J connectivity index is 0.00000196. The fourth-order valence-corrected chi connectivity index (χ4v) is 1.37. The Labute approximate surface area is 94.9 Å². The van der Waals surface area contributed by atoms with Crippen LogP contribution in [0.4, 0.5) is 4.79 Å². The summed E-state index contributed by atoms with van der Waals surface area (Å²) in [7, 11) is 0. The number of amides is 1. The summed E-state index contributed by atoms with van der Waals surface area (Å²) < 4.78 is 4.73. The number of aliphatic hydroxyl groups excluding tert-OH is 1. The van der Waals surface area contributed by atoms with Crippen LogP contribution in [-0.4, -0.2) is 29.6 Å². The van der Waals surface area contributed by atoms with Crippen LogP contribution in [-0.2, 0) is 4.74 Å². The molecule has 0 aromatic carbocycles. The third kappa shape index (κ3) is 4.21. The van der Waals surface area contributed by atoms with E-state index >= 15 is 0 Å². The van der Waals surface area contributed by atoms with E-state index in [-0.39, 0.29) is 12.4 Å². The number of halogens is 1. The molecule has 1 amide bonds. The Hall–Kier alpha value is -0.560. The first kappa shape index (κ1) is 14.4. The minimum absolute atomic E-state index is 0. The van der Waals surface area contributed by atoms with E-state index in [1.165, 1.54) is 0 Å². The van der Waals surface area contributed by atoms with Gasteiger partial charge in [0, 0.05) is 6.04 Å². The van der Waals surface area contributed by atoms with Gasteiger partial charge in [-0.1, -0.05) is 13.8 Å². The van der Waals surface area contributed by atoms with Crippen molar-refractivity contribution in [3.8, 4) is 0 Å². The summed E-state index contributed by atoms with van der Waals surface area (Å²) in [5.41, 5.74) is 10.5. The topological polar surface area (TPSA) is 96.6 Å². The molecule has 3 atom stereocenters. The Bertz CT molecular complexity index is 215. The van der Waals surface area contributed by atoms with E-state index in [1.807, 2.05) is 13.8 Å². The fourth-order valence-electron chi connectivity index (χ4n) is 1.37. The number of aliphatic hydroxyl groups is 1. The SMILES string of the molecule is CC(C)C[C@H](N)C(O)C1NNC(=O)O1.Cl. The van der Waals surface area contributed by atoms with Crippen molar-refractivity contribution in [3.05, 3.63) is 0 Å². The summed E-state index contributed by atoms with van der Waals surface area (Å²) in [4.78, 5) is 10.7. The molecule has 7 heteroatoms. The van der Waals surface area contributed by atoms with Crippen LogP contribution in [0.1, 0.15) is 20.3 Å². The number of nitrogens with two attached hydrogens (primary N) is 1. The summed E-state index contributed by atoms with van der Waals surface area (Å²) in [6.07, 6.45) is -1.56. The number of hydrazine groups is 1. The molecule has 1 aliphatic heterocycles. The molecule has 1 saturated heterocycles. The second-order valence-corrected chi connectivity index (χ2v) is 3.88. The van der Waals surface area contributed by atoms with Crippen molar-refractivity contribution < 1.29 is 14.6 Å². The summed E-state index contributed by atoms with van der Waals surface area (Å²) in [5, 5.41) is 9.68. The Kier molecular flexibility index (Phi) is 5.89. The molecule has 1 fully saturated rings. The summed E-state index contributed by atoms with van der Waals surface area (Å²) in [5.74, 6) is 0.393. The van der Waals surface area contributed by atoms with Crippen LogP contribution in [0.2, 0.25) is 0 Å². The lowest BCUT2D eigenvalue weighted by Gasteiger charge is -2.23. The third-order valence-corrected chi connectivity index (χ3v) is 2.04. The summed E-state index contributed by atoms with van der Waals surface area (Å²) in [6, 6.07) is -0.403. The molecular weight excluding hydrogens is 222 g/mol. The van der Waals surface area contributed by atoms with Gasteiger partial charge < -0.3 is 15.6 Å². The van der Waals surface area contributed by atoms with Crippen LogP contribution in [0.5, 0.6) is 0 Å². The lowest BCUT2D eigenvalue weighted by molar-refractivity contribution is -0.00243. The molecule has 0 saturated carbocycles. The highest BCUT2D eigenvalue weighted by molar-refractivity contribution is 5.85. The van der Waals surface area contributed by atoms with Gasteiger partial charge in [-0.15, -0.1) is 12.4 Å². The smallest absolute Gasteiger partial charge is 0.423 e. The number of carbonyl (C=O) groups excluding carboxylic acids is 1. The first-order chi connectivity index (χ1) is 6.50. The van der Waals surface area contributed by atoms with Crippen molar-refractivity contribution in [3.63, 3.8) is 0 Å². The number of cyclic esters (lactones) is 1. The van der Waals surface area contributed by atoms with Crippen molar-refractivity contribution in [2.24, 2.45) is 11.7 Å². The van der Waals surface area contributed by atoms with Gasteiger partial charge in [-0.3, -0.25) is 5.43 Å². The quantitative estimate of drug-likeness (QED) is 0.541. The van der Waals surface area contributed by atoms with Crippen molar-refractivity contribution in [1.82, 2.24) is 10.9 Å². The molecule has 6 nitrogen and oxygen atoms in total. The average molecular weight is 240 g/mol. The van der Waals surface area contributed by atoms with E-state index < -0.39 is 24.5 Å². The van der Waals surface area contributed by atoms with Gasteiger partial charge in [0.1, 0.15) is 6.10 Å². The van der Waals surface area contributed by atoms with Crippen LogP contribution < -0.4 is 16.6 Å². The number of carbonyl (C=O) groups is 1. The normalized spacial score (nSPS) is 24.1. The van der Waals surface area contributed by atoms with E-state index in [2.05, 4.69) is 10.9 Å². The van der Waals surface area contributed by atoms with Crippen LogP contribution in [0.3, 0.4) is 0 Å². The second-order valence-electron chi connectivity index (χ2n) is 3.88. The molecule has 0 radical (unpaired) electrons. The monoisotopic (exact) mass is 239 g/mol. The van der Waals surface area contributed by atoms with Gasteiger partial charge >= 0.3 is 6.09 Å². The molecule has 0 aliphatic carbocycles. The summed E-state index contributed by atoms with van der Waals surface area (Å²) in [6.45, 7) is 4.03. The molecule has 5 N–H and O–H groups in total. The minimum atomic E-state index is -0.892. The predicted molar refractivity (Wildman–Crippen MR) is 57.2 cm³/mol. The molecule has 1 rings (SSSR count). The highest BCUT2D eigenvalue weighted by Crippen LogP contribution is 2.11. The second kappa shape index (κ2) is 6.12. The van der Waals surface area contributed by atoms with Crippen LogP contribution in [0.15, 0.2) is 0 Å². The molecule has 0 spiro atoms. The molecule has 15 heavy (non-hydrogen) atoms. The fraction of sp³-hybridized carbons (Fsp3) is 0.875. The van der Waals surface area contributed by atoms with E-state index in [9.17, 15) is 9.90 Å². The molecule has 0 aromatic rings. The molecule has 0 bridgehead atoms. The lowest BCUT2D eigenvalue weighted by atomic mass is 9.99. The summed E-state index contributed by atoms with van der Waals surface area (Å²) >= 11 is 0. The van der Waals surface area contributed by atoms with Gasteiger partial charge in [0.15, 0.2) is 6.23 Å². The maximum Gasteiger partial charge on any atom is 0.423 e. The first-order valence-corrected chi connectivity index (χ1v) is 4.66. The Morgan fingerprint density at radius 3 is 2.60 bits per heavy atom. The molecule has 1 aliphatic rings. The van der Waals surface area contributed by atoms with Crippen LogP contribution >= 0.6 is 12.4 Å². The van der Waals surface area contributed by atoms with Gasteiger partial charge in [-0.2, -0.15) is 5.43 Å². The molecule has 90 valence electrons. The third-order valence-electron chi connectivity index (χ3n) is 2.04. The number of hydrogen-bond donors (Lipinski definition) is 4. The lowest BCUT2D eigenvalue weighted by Crippen LogP contribution is -2.49. The Morgan fingerprint density at radius 1 is 1.60 bits per heavy atom. The minimum Gasteiger partial charge on any atom is -0.425 e. The van der Waals surface area contributed by atoms with Gasteiger partial charge in [-0.25, -0.2) is 4.79 Å². The van der Waals surface area contributed by atoms with Gasteiger partial charge in [0.2, 0.25) is 0 Å². The van der Waals surface area contributed by atoms with E-state index in [4.69, 9.17) is 10.5 Å². The average Bonchev–Trinajstić information content (AvgIpc) is 2.49. The van der Waals surface area contributed by atoms with E-state index in [0.29, 0.717) is 12.3 Å². The zero-order chi connectivity index (χ0) is 10.7. The van der Waals surface area contributed by atoms with E-state index in [0.717, 1.165) is 0 Å². The number of ether oxygens (including phenoxy) is 1. The highest BCUT2D eigenvalue weighted by Gasteiger charge is 2.33. The van der Waals surface area contributed by atoms with Crippen LogP contribution in [0, 0.1) is 5.92 Å². The number of hydrogen-bond acceptors (Lipinski definition) is 5. The van der Waals surface area contributed by atoms with Crippen molar-refractivity contribution in [2.45, 2.75) is 38.6 Å². The maximum atomic E-state index is 10.7. The van der Waals surface area contributed by atoms with Gasteiger partial charge in [0.25, 0.3) is 0 Å². The molecule has 1 heterocycles. The predicted octanol–water partition coefficient (Wildman–Crippen LogP) is -0.287. The van der Waals surface area contributed by atoms with Gasteiger partial charge in [-0.05, 0) is 12.3 Å². The first-order valence-electron chi connectivity index (χ1n) is 4.66. The molecule has 0 aromatic heterocycles. The van der Waals surface area contributed by atoms with Crippen LogP contribution in [0.25, 0.3) is 0 Å².